The van der Waals surface area contributed by atoms with Crippen LogP contribution in [0.1, 0.15) is 91.2 Å². The Balaban J connectivity index is 0.000000128. The summed E-state index contributed by atoms with van der Waals surface area (Å²) < 4.78 is 118. The highest BCUT2D eigenvalue weighted by Crippen LogP contribution is 2.40. The lowest BCUT2D eigenvalue weighted by Gasteiger charge is -2.29. The molecule has 2 amide bonds. The van der Waals surface area contributed by atoms with Gasteiger partial charge < -0.3 is 42.1 Å². The smallest absolute Gasteiger partial charge is 0.367 e. The third-order valence-electron chi connectivity index (χ3n) is 13.9. The van der Waals surface area contributed by atoms with Crippen LogP contribution in [0.4, 0.5) is 97.6 Å². The Morgan fingerprint density at radius 3 is 1.51 bits per heavy atom. The number of amides is 2. The van der Waals surface area contributed by atoms with Gasteiger partial charge in [0.2, 0.25) is 29.7 Å². The number of aryl methyl sites for hydroxylation is 1. The summed E-state index contributed by atoms with van der Waals surface area (Å²) in [5, 5.41) is 21.1. The quantitative estimate of drug-likeness (QED) is 0.0535. The highest BCUT2D eigenvalue weighted by molar-refractivity contribution is 5.94. The number of benzene rings is 3. The minimum absolute atomic E-state index is 0.0277. The molecule has 4 saturated carbocycles. The number of carbonyl (C=O) groups is 2. The standard InChI is InChI=1S/C21H22F3N5O.C17H16F3N5O.C17H14F3N5/c22-21(23,24)17-10-25-20(28-18(17)26-15-5-6-15)27-16-4-3-14-11-29(8-7-13(14)9-16)19(30)12-1-2-12;18-17(19,20)12-8-21-16(25-15(12)22-10-2-3-10)23-11-4-5-13-9(7-11)1-6-14(26)24-13;18-17(19,20)13-9-22-16(25-15(13)23-11-3-4-11)24-12-5-6-14-10(8-12)2-1-7-21-14/h3-4,9-10,12,15H,1-2,5-8,11H2,(H2,25,26,27,28);4-5,7-8,10H,1-3,6H2,(H,24,26)(H2,21,22,23,25);1-2,5-9,11H,3-4H2,(H2,22,23,24,25). The van der Waals surface area contributed by atoms with Crippen LogP contribution in [-0.4, -0.2) is 76.3 Å². The van der Waals surface area contributed by atoms with Gasteiger partial charge >= 0.3 is 18.5 Å². The van der Waals surface area contributed by atoms with Gasteiger partial charge in [-0.15, -0.1) is 0 Å². The number of nitrogens with one attached hydrogen (secondary N) is 7. The van der Waals surface area contributed by atoms with E-state index in [1.165, 1.54) is 0 Å². The summed E-state index contributed by atoms with van der Waals surface area (Å²) in [6.07, 6.45) is -0.588. The van der Waals surface area contributed by atoms with Crippen LogP contribution in [0.5, 0.6) is 0 Å². The summed E-state index contributed by atoms with van der Waals surface area (Å²) in [4.78, 5) is 53.4. The lowest BCUT2D eigenvalue weighted by Crippen LogP contribution is -2.36. The minimum atomic E-state index is -4.51. The van der Waals surface area contributed by atoms with Crippen LogP contribution in [0.3, 0.4) is 0 Å². The number of halogens is 9. The number of rotatable bonds is 13. The van der Waals surface area contributed by atoms with Crippen LogP contribution in [0.25, 0.3) is 10.9 Å². The molecule has 2 aliphatic heterocycles. The third-order valence-corrected chi connectivity index (χ3v) is 13.9. The summed E-state index contributed by atoms with van der Waals surface area (Å²) >= 11 is 0. The lowest BCUT2D eigenvalue weighted by molar-refractivity contribution is -0.138. The highest BCUT2D eigenvalue weighted by atomic mass is 19.4. The summed E-state index contributed by atoms with van der Waals surface area (Å²) in [6, 6.07) is 20.4. The van der Waals surface area contributed by atoms with Crippen molar-refractivity contribution in [3.05, 3.63) is 125 Å². The molecule has 4 aromatic heterocycles. The molecule has 3 aromatic carbocycles. The van der Waals surface area contributed by atoms with E-state index in [1.807, 2.05) is 53.4 Å². The van der Waals surface area contributed by atoms with Crippen molar-refractivity contribution < 1.29 is 49.1 Å². The second kappa shape index (κ2) is 22.2. The number of hydrogen-bond donors (Lipinski definition) is 7. The first-order chi connectivity index (χ1) is 38.7. The van der Waals surface area contributed by atoms with E-state index in [0.29, 0.717) is 43.0 Å². The fourth-order valence-electron chi connectivity index (χ4n) is 8.95. The van der Waals surface area contributed by atoms with Gasteiger partial charge in [-0.1, -0.05) is 12.1 Å². The van der Waals surface area contributed by atoms with Crippen LogP contribution in [-0.2, 0) is 47.5 Å². The zero-order valence-electron chi connectivity index (χ0n) is 43.0. The average molecular weight is 1130 g/mol. The van der Waals surface area contributed by atoms with E-state index in [4.69, 9.17) is 0 Å². The van der Waals surface area contributed by atoms with Gasteiger partial charge in [-0.3, -0.25) is 14.6 Å². The SMILES string of the molecule is FC(F)(F)c1cnc(Nc2ccc3ncccc3c2)nc1NC1CC1.O=C(C1CC1)N1CCc2cc(Nc3ncc(C(F)(F)F)c(NC4CC4)n3)ccc2C1.O=C1CCc2cc(Nc3ncc(C(F)(F)F)c(NC4CC4)n3)ccc2N1. The predicted octanol–water partition coefficient (Wildman–Crippen LogP) is 12.2. The van der Waals surface area contributed by atoms with Gasteiger partial charge in [0.15, 0.2) is 0 Å². The molecule has 17 nitrogen and oxygen atoms in total. The van der Waals surface area contributed by atoms with E-state index in [1.54, 1.807) is 24.4 Å². The topological polar surface area (TPSA) is 212 Å². The fourth-order valence-corrected chi connectivity index (χ4v) is 8.95. The van der Waals surface area contributed by atoms with Crippen LogP contribution in [0, 0.1) is 5.92 Å². The molecule has 0 atom stereocenters. The molecule has 422 valence electrons. The van der Waals surface area contributed by atoms with Gasteiger partial charge in [-0.05, 0) is 135 Å². The first-order valence-corrected chi connectivity index (χ1v) is 26.4. The van der Waals surface area contributed by atoms with Crippen molar-refractivity contribution in [1.29, 1.82) is 0 Å². The van der Waals surface area contributed by atoms with Crippen LogP contribution in [0.15, 0.2) is 91.5 Å². The van der Waals surface area contributed by atoms with Crippen LogP contribution < -0.4 is 37.2 Å². The molecule has 0 bridgehead atoms. The molecule has 4 fully saturated rings. The molecular formula is C55H52F9N15O2. The third kappa shape index (κ3) is 14.1. The Labute approximate surface area is 456 Å². The van der Waals surface area contributed by atoms with Crippen molar-refractivity contribution in [2.45, 2.75) is 114 Å². The largest absolute Gasteiger partial charge is 0.421 e. The molecule has 4 aliphatic carbocycles. The van der Waals surface area contributed by atoms with Crippen molar-refractivity contribution in [3.63, 3.8) is 0 Å². The van der Waals surface area contributed by atoms with E-state index in [0.717, 1.165) is 110 Å². The Morgan fingerprint density at radius 2 is 1.01 bits per heavy atom. The van der Waals surface area contributed by atoms with E-state index >= 15 is 0 Å². The Kier molecular flexibility index (Phi) is 14.9. The van der Waals surface area contributed by atoms with Crippen molar-refractivity contribution in [3.8, 4) is 0 Å². The normalized spacial score (nSPS) is 16.8. The fraction of sp³-hybridized carbons (Fsp3) is 0.364. The minimum Gasteiger partial charge on any atom is -0.367 e. The zero-order chi connectivity index (χ0) is 56.6. The molecule has 0 saturated heterocycles. The number of aromatic nitrogens is 7. The second-order valence-electron chi connectivity index (χ2n) is 20.6. The van der Waals surface area contributed by atoms with Crippen molar-refractivity contribution in [2.75, 3.05) is 43.8 Å². The number of fused-ring (bicyclic) bond motifs is 3. The molecule has 0 spiro atoms. The number of hydrogen-bond acceptors (Lipinski definition) is 15. The van der Waals surface area contributed by atoms with Crippen LogP contribution in [0.2, 0.25) is 0 Å². The van der Waals surface area contributed by atoms with Gasteiger partial charge in [0, 0.05) is 96.5 Å². The molecule has 81 heavy (non-hydrogen) atoms. The Bertz CT molecular complexity index is 3490. The second-order valence-corrected chi connectivity index (χ2v) is 20.6. The van der Waals surface area contributed by atoms with Gasteiger partial charge in [-0.25, -0.2) is 15.0 Å². The van der Waals surface area contributed by atoms with Crippen LogP contribution >= 0.6 is 0 Å². The van der Waals surface area contributed by atoms with E-state index in [-0.39, 0.29) is 71.2 Å². The maximum atomic E-state index is 13.2. The molecule has 0 radical (unpaired) electrons. The lowest BCUT2D eigenvalue weighted by atomic mass is 9.98. The monoisotopic (exact) mass is 1130 g/mol. The van der Waals surface area contributed by atoms with E-state index in [2.05, 4.69) is 72.1 Å². The molecular weight excluding hydrogens is 1070 g/mol. The zero-order valence-corrected chi connectivity index (χ0v) is 43.0. The van der Waals surface area contributed by atoms with Gasteiger partial charge in [0.25, 0.3) is 0 Å². The molecule has 26 heteroatoms. The highest BCUT2D eigenvalue weighted by Gasteiger charge is 2.40. The molecule has 6 aliphatic rings. The summed E-state index contributed by atoms with van der Waals surface area (Å²) in [5.74, 6) is 0.166. The molecule has 7 N–H and O–H groups in total. The predicted molar refractivity (Wildman–Crippen MR) is 284 cm³/mol. The average Bonchev–Trinajstić information content (AvgIpc) is 4.27. The maximum Gasteiger partial charge on any atom is 0.421 e. The van der Waals surface area contributed by atoms with Crippen molar-refractivity contribution in [2.24, 2.45) is 5.92 Å². The van der Waals surface area contributed by atoms with Gasteiger partial charge in [0.1, 0.15) is 34.1 Å². The Hall–Kier alpha value is -8.58. The van der Waals surface area contributed by atoms with Crippen molar-refractivity contribution in [1.82, 2.24) is 39.8 Å². The van der Waals surface area contributed by atoms with Gasteiger partial charge in [0.05, 0.1) is 5.52 Å². The molecule has 6 heterocycles. The number of anilines is 10. The first-order valence-electron chi connectivity index (χ1n) is 26.4. The van der Waals surface area contributed by atoms with Crippen molar-refractivity contribution >= 4 is 80.8 Å². The summed E-state index contributed by atoms with van der Waals surface area (Å²) in [6.45, 7) is 1.30. The number of alkyl halides is 9. The maximum absolute atomic E-state index is 13.2. The van der Waals surface area contributed by atoms with E-state index in [9.17, 15) is 49.1 Å². The number of carbonyl (C=O) groups excluding carboxylic acids is 2. The number of pyridine rings is 1. The first kappa shape index (κ1) is 54.4. The Morgan fingerprint density at radius 1 is 0.531 bits per heavy atom. The van der Waals surface area contributed by atoms with E-state index < -0.39 is 35.2 Å². The molecule has 13 rings (SSSR count). The summed E-state index contributed by atoms with van der Waals surface area (Å²) in [5.41, 5.74) is 4.23. The van der Waals surface area contributed by atoms with Gasteiger partial charge in [-0.2, -0.15) is 54.5 Å². The summed E-state index contributed by atoms with van der Waals surface area (Å²) in [7, 11) is 0. The number of nitrogens with zero attached hydrogens (tertiary/aromatic N) is 8. The molecule has 7 aromatic rings. The molecule has 0 unspecified atom stereocenters.